The first-order chi connectivity index (χ1) is 12.0. The summed E-state index contributed by atoms with van der Waals surface area (Å²) < 4.78 is 0. The highest BCUT2D eigenvalue weighted by Crippen LogP contribution is 2.19. The lowest BCUT2D eigenvalue weighted by Crippen LogP contribution is -2.15. The number of aromatic nitrogens is 2. The maximum absolute atomic E-state index is 12.5. The molecule has 1 heterocycles. The van der Waals surface area contributed by atoms with Gasteiger partial charge in [-0.1, -0.05) is 29.8 Å². The number of hydrogen-bond donors (Lipinski definition) is 2. The number of nitrogens with one attached hydrogen (secondary N) is 2. The number of hydrogen-bond acceptors (Lipinski definition) is 4. The van der Waals surface area contributed by atoms with Crippen molar-refractivity contribution >= 4 is 34.8 Å². The molecule has 5 nitrogen and oxygen atoms in total. The number of benzene rings is 2. The number of rotatable bonds is 4. The van der Waals surface area contributed by atoms with E-state index in [-0.39, 0.29) is 5.91 Å². The van der Waals surface area contributed by atoms with Crippen molar-refractivity contribution in [3.05, 3.63) is 76.6 Å². The zero-order chi connectivity index (χ0) is 17.8. The third-order valence-corrected chi connectivity index (χ3v) is 3.83. The fraction of sp³-hybridized carbons (Fsp3) is 0.105. The van der Waals surface area contributed by atoms with E-state index in [4.69, 9.17) is 11.6 Å². The lowest BCUT2D eigenvalue weighted by molar-refractivity contribution is 0.102. The van der Waals surface area contributed by atoms with Crippen LogP contribution in [0.25, 0.3) is 0 Å². The van der Waals surface area contributed by atoms with Crippen LogP contribution in [-0.4, -0.2) is 15.9 Å². The first-order valence-electron chi connectivity index (χ1n) is 7.76. The van der Waals surface area contributed by atoms with Gasteiger partial charge in [0.1, 0.15) is 5.69 Å². The number of amides is 1. The monoisotopic (exact) mass is 352 g/mol. The van der Waals surface area contributed by atoms with Crippen LogP contribution in [0.2, 0.25) is 5.02 Å². The smallest absolute Gasteiger partial charge is 0.274 e. The Morgan fingerprint density at radius 2 is 1.72 bits per heavy atom. The number of carbonyl (C=O) groups is 1. The van der Waals surface area contributed by atoms with Crippen LogP contribution in [-0.2, 0) is 0 Å². The summed E-state index contributed by atoms with van der Waals surface area (Å²) in [6.07, 6.45) is 0. The lowest BCUT2D eigenvalue weighted by Gasteiger charge is -2.10. The Balaban J connectivity index is 1.82. The van der Waals surface area contributed by atoms with E-state index in [2.05, 4.69) is 20.6 Å². The van der Waals surface area contributed by atoms with Gasteiger partial charge in [0.05, 0.1) is 0 Å². The quantitative estimate of drug-likeness (QED) is 0.711. The predicted octanol–water partition coefficient (Wildman–Crippen LogP) is 4.74. The molecule has 0 saturated heterocycles. The molecule has 0 fully saturated rings. The van der Waals surface area contributed by atoms with Gasteiger partial charge in [-0.3, -0.25) is 4.79 Å². The maximum atomic E-state index is 12.5. The molecule has 2 aromatic carbocycles. The topological polar surface area (TPSA) is 66.9 Å². The molecule has 6 heteroatoms. The molecule has 0 radical (unpaired) electrons. The number of nitrogens with zero attached hydrogens (tertiary/aromatic N) is 2. The molecular formula is C19H17ClN4O. The van der Waals surface area contributed by atoms with E-state index in [1.807, 2.05) is 38.1 Å². The van der Waals surface area contributed by atoms with Crippen molar-refractivity contribution in [3.8, 4) is 0 Å². The number of para-hydroxylation sites is 1. The highest BCUT2D eigenvalue weighted by atomic mass is 35.5. The summed E-state index contributed by atoms with van der Waals surface area (Å²) in [6.45, 7) is 3.82. The number of carbonyl (C=O) groups excluding carboxylic acids is 1. The highest BCUT2D eigenvalue weighted by molar-refractivity contribution is 6.30. The fourth-order valence-corrected chi connectivity index (χ4v) is 2.43. The summed E-state index contributed by atoms with van der Waals surface area (Å²) in [5, 5.41) is 6.57. The summed E-state index contributed by atoms with van der Waals surface area (Å²) in [5.41, 5.74) is 3.61. The summed E-state index contributed by atoms with van der Waals surface area (Å²) in [4.78, 5) is 21.1. The van der Waals surface area contributed by atoms with Crippen LogP contribution >= 0.6 is 11.6 Å². The Bertz CT molecular complexity index is 910. The number of aryl methyl sites for hydroxylation is 2. The molecule has 0 saturated carbocycles. The predicted molar refractivity (Wildman–Crippen MR) is 101 cm³/mol. The van der Waals surface area contributed by atoms with E-state index in [9.17, 15) is 4.79 Å². The Hall–Kier alpha value is -2.92. The molecule has 0 aliphatic rings. The molecule has 0 bridgehead atoms. The SMILES string of the molecule is Cc1cc(C(=O)Nc2ccc(Cl)cc2)nc(Nc2ccccc2C)n1. The molecule has 0 atom stereocenters. The average Bonchev–Trinajstić information content (AvgIpc) is 2.58. The largest absolute Gasteiger partial charge is 0.324 e. The molecule has 1 aromatic heterocycles. The Labute approximate surface area is 151 Å². The van der Waals surface area contributed by atoms with Crippen molar-refractivity contribution in [1.29, 1.82) is 0 Å². The third-order valence-electron chi connectivity index (χ3n) is 3.58. The fourth-order valence-electron chi connectivity index (χ4n) is 2.30. The Morgan fingerprint density at radius 3 is 2.44 bits per heavy atom. The average molecular weight is 353 g/mol. The molecule has 0 unspecified atom stereocenters. The second-order valence-electron chi connectivity index (χ2n) is 5.62. The molecule has 126 valence electrons. The van der Waals surface area contributed by atoms with Crippen LogP contribution in [0.15, 0.2) is 54.6 Å². The summed E-state index contributed by atoms with van der Waals surface area (Å²) in [7, 11) is 0. The summed E-state index contributed by atoms with van der Waals surface area (Å²) in [5.74, 6) is 0.0798. The first kappa shape index (κ1) is 16.9. The van der Waals surface area contributed by atoms with Gasteiger partial charge in [-0.25, -0.2) is 9.97 Å². The maximum Gasteiger partial charge on any atom is 0.274 e. The van der Waals surface area contributed by atoms with Crippen LogP contribution in [0.5, 0.6) is 0 Å². The molecule has 1 amide bonds. The lowest BCUT2D eigenvalue weighted by atomic mass is 10.2. The number of halogens is 1. The van der Waals surface area contributed by atoms with Crippen molar-refractivity contribution in [2.45, 2.75) is 13.8 Å². The molecule has 3 aromatic rings. The van der Waals surface area contributed by atoms with Crippen molar-refractivity contribution in [2.24, 2.45) is 0 Å². The third kappa shape index (κ3) is 4.33. The zero-order valence-electron chi connectivity index (χ0n) is 13.9. The van der Waals surface area contributed by atoms with Crippen molar-refractivity contribution in [2.75, 3.05) is 10.6 Å². The van der Waals surface area contributed by atoms with Gasteiger partial charge in [0.15, 0.2) is 0 Å². The summed E-state index contributed by atoms with van der Waals surface area (Å²) >= 11 is 5.85. The molecular weight excluding hydrogens is 336 g/mol. The molecule has 0 spiro atoms. The Kier molecular flexibility index (Phi) is 4.95. The van der Waals surface area contributed by atoms with Crippen LogP contribution in [0, 0.1) is 13.8 Å². The van der Waals surface area contributed by atoms with E-state index in [1.165, 1.54) is 0 Å². The van der Waals surface area contributed by atoms with E-state index < -0.39 is 0 Å². The standard InChI is InChI=1S/C19H17ClN4O/c1-12-5-3-4-6-16(12)23-19-21-13(2)11-17(24-19)18(25)22-15-9-7-14(20)8-10-15/h3-11H,1-2H3,(H,22,25)(H,21,23,24). The van der Waals surface area contributed by atoms with E-state index in [0.29, 0.717) is 28.0 Å². The second-order valence-corrected chi connectivity index (χ2v) is 6.06. The van der Waals surface area contributed by atoms with Gasteiger partial charge in [0.25, 0.3) is 5.91 Å². The highest BCUT2D eigenvalue weighted by Gasteiger charge is 2.11. The van der Waals surface area contributed by atoms with Crippen LogP contribution in [0.1, 0.15) is 21.7 Å². The van der Waals surface area contributed by atoms with Gasteiger partial charge in [-0.2, -0.15) is 0 Å². The minimum atomic E-state index is -0.305. The molecule has 0 aliphatic carbocycles. The molecule has 2 N–H and O–H groups in total. The Morgan fingerprint density at radius 1 is 1.00 bits per heavy atom. The number of anilines is 3. The molecule has 3 rings (SSSR count). The first-order valence-corrected chi connectivity index (χ1v) is 8.14. The van der Waals surface area contributed by atoms with Gasteiger partial charge in [0.2, 0.25) is 5.95 Å². The molecule has 25 heavy (non-hydrogen) atoms. The zero-order valence-corrected chi connectivity index (χ0v) is 14.6. The van der Waals surface area contributed by atoms with E-state index in [0.717, 1.165) is 11.3 Å². The van der Waals surface area contributed by atoms with Crippen LogP contribution in [0.3, 0.4) is 0 Å². The van der Waals surface area contributed by atoms with Crippen molar-refractivity contribution < 1.29 is 4.79 Å². The second kappa shape index (κ2) is 7.32. The van der Waals surface area contributed by atoms with Crippen molar-refractivity contribution in [3.63, 3.8) is 0 Å². The van der Waals surface area contributed by atoms with Gasteiger partial charge >= 0.3 is 0 Å². The van der Waals surface area contributed by atoms with Crippen LogP contribution in [0.4, 0.5) is 17.3 Å². The van der Waals surface area contributed by atoms with Gasteiger partial charge < -0.3 is 10.6 Å². The van der Waals surface area contributed by atoms with Gasteiger partial charge in [0, 0.05) is 22.1 Å². The normalized spacial score (nSPS) is 10.4. The van der Waals surface area contributed by atoms with Gasteiger partial charge in [-0.15, -0.1) is 0 Å². The molecule has 0 aliphatic heterocycles. The van der Waals surface area contributed by atoms with Gasteiger partial charge in [-0.05, 0) is 55.8 Å². The van der Waals surface area contributed by atoms with E-state index in [1.54, 1.807) is 30.3 Å². The summed E-state index contributed by atoms with van der Waals surface area (Å²) in [6, 6.07) is 16.4. The van der Waals surface area contributed by atoms with E-state index >= 15 is 0 Å². The minimum absolute atomic E-state index is 0.290. The van der Waals surface area contributed by atoms with Crippen LogP contribution < -0.4 is 10.6 Å². The minimum Gasteiger partial charge on any atom is -0.324 e. The van der Waals surface area contributed by atoms with Crippen molar-refractivity contribution in [1.82, 2.24) is 9.97 Å².